The molecule has 7 heterocycles. The number of nitrogens with one attached hydrogen (secondary N) is 5. The first-order chi connectivity index (χ1) is 46.9. The SMILES string of the molecule is CCCCCC/C=C\CCCOc1cccc(C(=O)N[C@@H]2C(O[C@H]3C(O)C(NC(C)=O)[C@H](OC4C(CO)O[C@@H](O[C@H]5C(O)C(NC(C)=O)C(OC6C(CO[C@@H]7OC8OC8[C@H](O)[C@H]7OC)OC(O)[C@@H](NC(C)=O)[C@@H]6O)O[C@H]5CO)[C@@H](NC(C)=O)[C@@H]4O)O[C@H]3CO)OC(CO)[C@@H](O)[C@@H]2O)c1. The van der Waals surface area contributed by atoms with Gasteiger partial charge in [0, 0.05) is 40.4 Å². The van der Waals surface area contributed by atoms with E-state index in [1.165, 1.54) is 32.1 Å². The Kier molecular flexibility index (Phi) is 29.6. The van der Waals surface area contributed by atoms with Gasteiger partial charge in [-0.05, 0) is 43.9 Å². The Morgan fingerprint density at radius 3 is 1.39 bits per heavy atom. The summed E-state index contributed by atoms with van der Waals surface area (Å²) >= 11 is 0. The largest absolute Gasteiger partial charge is 0.494 e. The molecule has 14 unspecified atom stereocenters. The molecule has 36 heteroatoms. The first kappa shape index (κ1) is 78.8. The summed E-state index contributed by atoms with van der Waals surface area (Å²) in [4.78, 5) is 65.1. The number of methoxy groups -OCH3 is 1. The maximum absolute atomic E-state index is 13.9. The Balaban J connectivity index is 0.968. The first-order valence-corrected chi connectivity index (χ1v) is 32.9. The Hall–Kier alpha value is -4.89. The van der Waals surface area contributed by atoms with E-state index in [4.69, 9.17) is 66.3 Å². The van der Waals surface area contributed by atoms with Crippen LogP contribution in [0.4, 0.5) is 0 Å². The minimum atomic E-state index is -2.06. The van der Waals surface area contributed by atoms with Crippen molar-refractivity contribution in [1.29, 1.82) is 0 Å². The highest BCUT2D eigenvalue weighted by atomic mass is 16.8. The van der Waals surface area contributed by atoms with Crippen LogP contribution < -0.4 is 31.3 Å². The number of epoxide rings is 1. The molecule has 36 nitrogen and oxygen atoms in total. The van der Waals surface area contributed by atoms with Crippen LogP contribution in [-0.4, -0.2) is 322 Å². The molecule has 98 heavy (non-hydrogen) atoms. The maximum Gasteiger partial charge on any atom is 0.251 e. The van der Waals surface area contributed by atoms with E-state index in [2.05, 4.69) is 45.7 Å². The number of unbranched alkanes of at least 4 members (excludes halogenated alkanes) is 5. The molecular formula is C62H97N5O31. The number of benzene rings is 1. The number of allylic oxidation sites excluding steroid dienone is 2. The molecular weight excluding hydrogens is 1310 g/mol. The lowest BCUT2D eigenvalue weighted by Gasteiger charge is -2.51. The summed E-state index contributed by atoms with van der Waals surface area (Å²) in [7, 11) is 1.28. The molecule has 0 aliphatic carbocycles. The van der Waals surface area contributed by atoms with Crippen molar-refractivity contribution in [2.75, 3.05) is 46.8 Å². The molecule has 0 radical (unpaired) electrons. The Labute approximate surface area is 564 Å². The lowest BCUT2D eigenvalue weighted by molar-refractivity contribution is -0.368. The summed E-state index contributed by atoms with van der Waals surface area (Å²) in [5.74, 6) is -3.62. The van der Waals surface area contributed by atoms with Gasteiger partial charge in [0.05, 0.1) is 39.6 Å². The van der Waals surface area contributed by atoms with Crippen LogP contribution in [0.3, 0.4) is 0 Å². The van der Waals surface area contributed by atoms with Gasteiger partial charge in [-0.3, -0.25) is 24.0 Å². The van der Waals surface area contributed by atoms with E-state index in [0.717, 1.165) is 53.4 Å². The molecule has 7 fully saturated rings. The number of fused-ring (bicyclic) bond motifs is 1. The van der Waals surface area contributed by atoms with Crippen LogP contribution in [0, 0.1) is 0 Å². The molecule has 0 saturated carbocycles. The second-order valence-electron chi connectivity index (χ2n) is 25.1. The topological polar surface area (TPSA) is 521 Å². The van der Waals surface area contributed by atoms with E-state index in [1.54, 1.807) is 12.1 Å². The molecule has 0 bridgehead atoms. The third-order valence-corrected chi connectivity index (χ3v) is 17.7. The second kappa shape index (κ2) is 36.8. The number of carbonyl (C=O) groups excluding carboxylic acids is 5. The summed E-state index contributed by atoms with van der Waals surface area (Å²) in [6, 6.07) is -2.38. The fourth-order valence-electron chi connectivity index (χ4n) is 12.7. The zero-order valence-corrected chi connectivity index (χ0v) is 55.1. The van der Waals surface area contributed by atoms with E-state index in [9.17, 15) is 85.3 Å². The standard InChI is InChI=1S/C62H97N5O31/c1-7-8-9-10-11-12-13-14-15-19-86-31-18-16-17-30(20-31)55(83)67-38-43(77)42(76)32(21-68)89-57(38)93-49-33(22-69)90-58(39(45(49)79)64-27(3)73)94-50-34(23-70)91-59(40(46(50)80)65-28(4)74)95-51-35(24-71)92-60(41(47(51)81)66-29(5)75)96-52-36(88-56(84)37(44(52)78)63-26(2)72)25-87-61-53(85-6)48(82)54-62(97-54)98-61/h12-13,16-18,20,32-54,56-62,68-71,76-82,84H,7-11,14-15,19,21-25H2,1-6H3,(H,63,72)(H,64,73)(H,65,74)(H,66,75)(H,67,83)/b13-12-/t32?,33-,34?,35-,36?,37-,38-,39?,40-,41?,42+,43+,44-,45?,46-,47?,48+,49+,50?,51+,52?,53+,54?,56?,57?,58-,59-,60?,61+,62?/m0/s1. The Bertz CT molecular complexity index is 2750. The van der Waals surface area contributed by atoms with Gasteiger partial charge in [0.25, 0.3) is 5.91 Å². The minimum absolute atomic E-state index is 0.0512. The average Bonchev–Trinajstić information content (AvgIpc) is 1.29. The molecule has 30 atom stereocenters. The molecule has 0 spiro atoms. The molecule has 7 aliphatic rings. The van der Waals surface area contributed by atoms with Gasteiger partial charge in [0.15, 0.2) is 44.0 Å². The van der Waals surface area contributed by atoms with Crippen LogP contribution in [0.25, 0.3) is 0 Å². The van der Waals surface area contributed by atoms with Crippen LogP contribution in [0.2, 0.25) is 0 Å². The number of rotatable bonds is 32. The van der Waals surface area contributed by atoms with Crippen molar-refractivity contribution < 1.29 is 152 Å². The molecule has 0 aromatic heterocycles. The quantitative estimate of drug-likeness (QED) is 0.0181. The highest BCUT2D eigenvalue weighted by molar-refractivity contribution is 5.94. The number of hydrogen-bond acceptors (Lipinski definition) is 31. The van der Waals surface area contributed by atoms with Crippen molar-refractivity contribution in [2.45, 2.75) is 264 Å². The fraction of sp³-hybridized carbons (Fsp3) is 0.790. The maximum atomic E-state index is 13.9. The van der Waals surface area contributed by atoms with Crippen LogP contribution in [-0.2, 0) is 80.8 Å². The minimum Gasteiger partial charge on any atom is -0.494 e. The van der Waals surface area contributed by atoms with E-state index in [-0.39, 0.29) is 5.56 Å². The van der Waals surface area contributed by atoms with Crippen LogP contribution >= 0.6 is 0 Å². The van der Waals surface area contributed by atoms with Crippen LogP contribution in [0.1, 0.15) is 89.9 Å². The highest BCUT2D eigenvalue weighted by Gasteiger charge is 2.60. The van der Waals surface area contributed by atoms with Gasteiger partial charge < -0.3 is 154 Å². The summed E-state index contributed by atoms with van der Waals surface area (Å²) in [6.45, 7) is 2.19. The lowest BCUT2D eigenvalue weighted by atomic mass is 9.93. The molecule has 556 valence electrons. The van der Waals surface area contributed by atoms with Crippen molar-refractivity contribution in [3.05, 3.63) is 42.0 Å². The highest BCUT2D eigenvalue weighted by Crippen LogP contribution is 2.39. The third kappa shape index (κ3) is 19.6. The van der Waals surface area contributed by atoms with Crippen molar-refractivity contribution >= 4 is 29.5 Å². The molecule has 7 aliphatic heterocycles. The van der Waals surface area contributed by atoms with Crippen LogP contribution in [0.15, 0.2) is 36.4 Å². The smallest absolute Gasteiger partial charge is 0.251 e. The molecule has 1 aromatic carbocycles. The normalized spacial score (nSPS) is 40.2. The summed E-state index contributed by atoms with van der Waals surface area (Å²) in [5, 5.41) is 148. The Morgan fingerprint density at radius 1 is 0.469 bits per heavy atom. The molecule has 5 amide bonds. The van der Waals surface area contributed by atoms with Gasteiger partial charge in [-0.25, -0.2) is 0 Å². The monoisotopic (exact) mass is 1410 g/mol. The number of amides is 5. The Morgan fingerprint density at radius 2 is 0.918 bits per heavy atom. The van der Waals surface area contributed by atoms with Crippen molar-refractivity contribution in [1.82, 2.24) is 26.6 Å². The van der Waals surface area contributed by atoms with Gasteiger partial charge in [-0.2, -0.15) is 0 Å². The molecule has 7 saturated heterocycles. The first-order valence-electron chi connectivity index (χ1n) is 32.9. The van der Waals surface area contributed by atoms with Crippen LogP contribution in [0.5, 0.6) is 5.75 Å². The number of aliphatic hydroxyl groups excluding tert-OH is 12. The lowest BCUT2D eigenvalue weighted by Crippen LogP contribution is -2.72. The molecule has 1 aromatic rings. The van der Waals surface area contributed by atoms with E-state index in [1.807, 2.05) is 0 Å². The number of aliphatic hydroxyl groups is 12. The van der Waals surface area contributed by atoms with Gasteiger partial charge >= 0.3 is 0 Å². The molecule has 17 N–H and O–H groups in total. The zero-order chi connectivity index (χ0) is 71.2. The van der Waals surface area contributed by atoms with Gasteiger partial charge in [0.1, 0.15) is 146 Å². The van der Waals surface area contributed by atoms with Crippen molar-refractivity contribution in [2.24, 2.45) is 0 Å². The molecule has 8 rings (SSSR count). The number of carbonyl (C=O) groups is 5. The third-order valence-electron chi connectivity index (χ3n) is 17.7. The predicted molar refractivity (Wildman–Crippen MR) is 326 cm³/mol. The van der Waals surface area contributed by atoms with E-state index in [0.29, 0.717) is 18.8 Å². The van der Waals surface area contributed by atoms with Crippen molar-refractivity contribution in [3.8, 4) is 5.75 Å². The summed E-state index contributed by atoms with van der Waals surface area (Å²) < 4.78 is 83.3. The zero-order valence-electron chi connectivity index (χ0n) is 55.1. The van der Waals surface area contributed by atoms with Crippen molar-refractivity contribution in [3.63, 3.8) is 0 Å². The number of ether oxygens (including phenoxy) is 14. The van der Waals surface area contributed by atoms with E-state index >= 15 is 0 Å². The van der Waals surface area contributed by atoms with Gasteiger partial charge in [-0.15, -0.1) is 0 Å². The summed E-state index contributed by atoms with van der Waals surface area (Å²) in [6.07, 6.45) is -30.3. The van der Waals surface area contributed by atoms with Gasteiger partial charge in [0.2, 0.25) is 23.6 Å². The second-order valence-corrected chi connectivity index (χ2v) is 25.1. The number of hydrogen-bond donors (Lipinski definition) is 17. The van der Waals surface area contributed by atoms with Gasteiger partial charge in [-0.1, -0.05) is 44.4 Å². The predicted octanol–water partition coefficient (Wildman–Crippen LogP) is -6.74. The summed E-state index contributed by atoms with van der Waals surface area (Å²) in [5.41, 5.74) is 0.0512. The average molecular weight is 1410 g/mol. The fourth-order valence-corrected chi connectivity index (χ4v) is 12.7. The van der Waals surface area contributed by atoms with E-state index < -0.39 is 247 Å².